The van der Waals surface area contributed by atoms with E-state index in [-0.39, 0.29) is 29.5 Å². The molecular weight excluding hydrogens is 925 g/mol. The lowest BCUT2D eigenvalue weighted by atomic mass is 9.82. The Labute approximate surface area is 422 Å². The van der Waals surface area contributed by atoms with Crippen LogP contribution in [0.3, 0.4) is 0 Å². The van der Waals surface area contributed by atoms with Crippen LogP contribution < -0.4 is 25.2 Å². The lowest BCUT2D eigenvalue weighted by Gasteiger charge is -2.34. The Hall–Kier alpha value is -7.13. The molecule has 3 fully saturated rings. The maximum Gasteiger partial charge on any atom is 0.355 e. The first-order valence-electron chi connectivity index (χ1n) is 25.6. The number of aromatic nitrogens is 4. The molecule has 0 radical (unpaired) electrons. The average Bonchev–Trinajstić information content (AvgIpc) is 3.96. The van der Waals surface area contributed by atoms with Crippen molar-refractivity contribution in [3.8, 4) is 16.9 Å². The predicted molar refractivity (Wildman–Crippen MR) is 281 cm³/mol. The molecule has 370 valence electrons. The van der Waals surface area contributed by atoms with Gasteiger partial charge in [-0.05, 0) is 135 Å². The van der Waals surface area contributed by atoms with Gasteiger partial charge in [0, 0.05) is 56.2 Å². The fourth-order valence-electron chi connectivity index (χ4n) is 11.8. The Morgan fingerprint density at radius 2 is 1.58 bits per heavy atom. The number of imide groups is 1. The lowest BCUT2D eigenvalue weighted by Crippen LogP contribution is -2.39. The number of hydrogen-bond donors (Lipinski definition) is 3. The number of piperidine rings is 2. The number of nitrogens with one attached hydrogen (secondary N) is 2. The Bertz CT molecular complexity index is 3190. The second-order valence-corrected chi connectivity index (χ2v) is 21.2. The second-order valence-electron chi connectivity index (χ2n) is 20.2. The summed E-state index contributed by atoms with van der Waals surface area (Å²) in [6, 6.07) is 29.5. The Morgan fingerprint density at radius 3 is 2.38 bits per heavy atom. The van der Waals surface area contributed by atoms with E-state index in [4.69, 9.17) is 14.8 Å². The molecule has 3 aliphatic heterocycles. The lowest BCUT2D eigenvalue weighted by molar-refractivity contribution is -0.134. The minimum Gasteiger partial charge on any atom is -0.490 e. The van der Waals surface area contributed by atoms with E-state index in [2.05, 4.69) is 49.7 Å². The molecule has 0 spiro atoms. The van der Waals surface area contributed by atoms with Gasteiger partial charge in [0.15, 0.2) is 10.8 Å². The van der Waals surface area contributed by atoms with Gasteiger partial charge in [-0.3, -0.25) is 29.7 Å². The van der Waals surface area contributed by atoms with E-state index in [1.54, 1.807) is 0 Å². The number of carbonyl (C=O) groups is 4. The van der Waals surface area contributed by atoms with Crippen LogP contribution in [0.5, 0.6) is 5.75 Å². The van der Waals surface area contributed by atoms with Gasteiger partial charge in [-0.15, -0.1) is 0 Å². The van der Waals surface area contributed by atoms with Gasteiger partial charge in [-0.25, -0.2) is 14.8 Å². The summed E-state index contributed by atoms with van der Waals surface area (Å²) in [4.78, 5) is 65.0. The zero-order valence-electron chi connectivity index (χ0n) is 40.9. The molecule has 6 heterocycles. The largest absolute Gasteiger partial charge is 0.490 e. The highest BCUT2D eigenvalue weighted by Crippen LogP contribution is 2.40. The van der Waals surface area contributed by atoms with Gasteiger partial charge in [0.05, 0.1) is 39.1 Å². The number of fused-ring (bicyclic) bond motifs is 3. The highest BCUT2D eigenvalue weighted by atomic mass is 32.1. The number of pyridine rings is 1. The van der Waals surface area contributed by atoms with Crippen molar-refractivity contribution in [1.29, 1.82) is 0 Å². The molecule has 3 amide bonds. The van der Waals surface area contributed by atoms with Crippen LogP contribution in [-0.2, 0) is 29.6 Å². The summed E-state index contributed by atoms with van der Waals surface area (Å²) < 4.78 is 9.61. The van der Waals surface area contributed by atoms with Gasteiger partial charge in [-0.1, -0.05) is 79.1 Å². The number of aryl methyl sites for hydroxylation is 1. The molecule has 4 aromatic carbocycles. The van der Waals surface area contributed by atoms with Crippen LogP contribution >= 0.6 is 11.3 Å². The molecule has 11 rings (SSSR count). The molecule has 1 saturated carbocycles. The molecule has 4 aliphatic rings. The highest BCUT2D eigenvalue weighted by Gasteiger charge is 2.33. The number of benzene rings is 4. The van der Waals surface area contributed by atoms with E-state index < -0.39 is 11.9 Å². The van der Waals surface area contributed by atoms with Gasteiger partial charge < -0.3 is 19.6 Å². The van der Waals surface area contributed by atoms with E-state index in [0.29, 0.717) is 66.3 Å². The minimum atomic E-state index is -1.10. The summed E-state index contributed by atoms with van der Waals surface area (Å²) in [6.07, 6.45) is 11.9. The zero-order chi connectivity index (χ0) is 49.5. The SMILES string of the molecule is Cc1c(O[C@H]2CC[C@@H](CCCC3CCN(c4cccc5c(C6CCC(=O)NC6=O)nn(C)c45)CC3)CC2)cccc1-c1ccc(N2CCc3cccc(C(=O)Nc4nc5ccccc5s4)c3C2)nc1C(=O)O. The topological polar surface area (TPSA) is 172 Å². The van der Waals surface area contributed by atoms with Crippen LogP contribution in [-0.4, -0.2) is 74.3 Å². The van der Waals surface area contributed by atoms with Crippen LogP contribution in [0.2, 0.25) is 0 Å². The van der Waals surface area contributed by atoms with E-state index in [9.17, 15) is 24.3 Å². The number of para-hydroxylation sites is 2. The number of carboxylic acid groups (broad SMARTS) is 1. The number of amides is 3. The van der Waals surface area contributed by atoms with Crippen LogP contribution in [0.15, 0.2) is 91.0 Å². The zero-order valence-corrected chi connectivity index (χ0v) is 41.7. The first kappa shape index (κ1) is 47.2. The molecule has 72 heavy (non-hydrogen) atoms. The number of carboxylic acids is 1. The van der Waals surface area contributed by atoms with Gasteiger partial charge in [0.2, 0.25) is 11.8 Å². The highest BCUT2D eigenvalue weighted by molar-refractivity contribution is 7.22. The number of anilines is 3. The molecule has 3 aromatic heterocycles. The number of rotatable bonds is 13. The van der Waals surface area contributed by atoms with Crippen molar-refractivity contribution in [3.05, 3.63) is 125 Å². The molecule has 1 atom stereocenters. The molecule has 2 saturated heterocycles. The summed E-state index contributed by atoms with van der Waals surface area (Å²) >= 11 is 1.44. The van der Waals surface area contributed by atoms with Crippen molar-refractivity contribution >= 4 is 72.8 Å². The van der Waals surface area contributed by atoms with Crippen molar-refractivity contribution in [1.82, 2.24) is 25.1 Å². The van der Waals surface area contributed by atoms with Crippen molar-refractivity contribution in [2.24, 2.45) is 18.9 Å². The molecule has 3 N–H and O–H groups in total. The van der Waals surface area contributed by atoms with Gasteiger partial charge in [0.25, 0.3) is 5.91 Å². The summed E-state index contributed by atoms with van der Waals surface area (Å²) in [5, 5.41) is 22.4. The third-order valence-electron chi connectivity index (χ3n) is 15.7. The quantitative estimate of drug-likeness (QED) is 0.0939. The number of thiazole rings is 1. The van der Waals surface area contributed by atoms with Gasteiger partial charge in [0.1, 0.15) is 11.6 Å². The van der Waals surface area contributed by atoms with Crippen LogP contribution in [0.4, 0.5) is 16.6 Å². The first-order chi connectivity index (χ1) is 35.0. The Morgan fingerprint density at radius 1 is 0.806 bits per heavy atom. The maximum atomic E-state index is 13.7. The van der Waals surface area contributed by atoms with Gasteiger partial charge in [-0.2, -0.15) is 5.10 Å². The van der Waals surface area contributed by atoms with E-state index in [1.165, 1.54) is 36.3 Å². The normalized spacial score (nSPS) is 19.6. The second kappa shape index (κ2) is 20.2. The predicted octanol–water partition coefficient (Wildman–Crippen LogP) is 10.6. The smallest absolute Gasteiger partial charge is 0.355 e. The monoisotopic (exact) mass is 984 g/mol. The van der Waals surface area contributed by atoms with Crippen molar-refractivity contribution in [2.75, 3.05) is 34.8 Å². The van der Waals surface area contributed by atoms with Crippen LogP contribution in [0.1, 0.15) is 120 Å². The number of nitrogens with zero attached hydrogens (tertiary/aromatic N) is 6. The van der Waals surface area contributed by atoms with Gasteiger partial charge >= 0.3 is 5.97 Å². The Kier molecular flexibility index (Phi) is 13.2. The van der Waals surface area contributed by atoms with Crippen molar-refractivity contribution in [2.45, 2.75) is 103 Å². The van der Waals surface area contributed by atoms with E-state index in [0.717, 1.165) is 106 Å². The maximum absolute atomic E-state index is 13.7. The summed E-state index contributed by atoms with van der Waals surface area (Å²) in [5.41, 5.74) is 8.58. The fourth-order valence-corrected chi connectivity index (χ4v) is 12.7. The Balaban J connectivity index is 0.672. The van der Waals surface area contributed by atoms with E-state index in [1.807, 2.05) is 85.4 Å². The fraction of sp³-hybridized carbons (Fsp3) is 0.386. The van der Waals surface area contributed by atoms with Crippen molar-refractivity contribution in [3.63, 3.8) is 0 Å². The average molecular weight is 985 g/mol. The van der Waals surface area contributed by atoms with Crippen molar-refractivity contribution < 1.29 is 29.0 Å². The molecule has 1 aliphatic carbocycles. The van der Waals surface area contributed by atoms with Crippen LogP contribution in [0.25, 0.3) is 32.2 Å². The number of aromatic carboxylic acids is 1. The molecule has 14 nitrogen and oxygen atoms in total. The molecule has 7 aromatic rings. The summed E-state index contributed by atoms with van der Waals surface area (Å²) in [5.74, 6) is 0.531. The minimum absolute atomic E-state index is 0.0177. The molecule has 15 heteroatoms. The first-order valence-corrected chi connectivity index (χ1v) is 26.4. The standard InChI is InChI=1S/C57H60N8O6S/c1-34-39(40-23-25-49(59-52(40)56(69)70)65-32-29-37-11-6-13-41(44(37)33-65)54(67)61-57-58-45-15-3-4-18-48(45)72-57)12-8-17-47(34)71-38-21-19-35(20-22-38)9-5-10-36-27-30-64(31-28-36)46-16-7-14-42-51(62-63(2)53(42)46)43-24-26-50(66)60-55(43)68/h3-4,6-8,11-18,23,25,35-36,38,43H,5,9-10,19-22,24,26-33H2,1-2H3,(H,69,70)(H,58,61,67)(H,60,66,68)/t35-,38+,43?. The molecule has 0 bridgehead atoms. The summed E-state index contributed by atoms with van der Waals surface area (Å²) in [6.45, 7) is 5.05. The molecular formula is C57H60N8O6S. The van der Waals surface area contributed by atoms with E-state index >= 15 is 0 Å². The third-order valence-corrected chi connectivity index (χ3v) is 16.7. The third kappa shape index (κ3) is 9.53. The summed E-state index contributed by atoms with van der Waals surface area (Å²) in [7, 11) is 1.95. The number of hydrogen-bond acceptors (Lipinski definition) is 11. The number of ether oxygens (including phenoxy) is 1. The van der Waals surface area contributed by atoms with Crippen LogP contribution in [0, 0.1) is 18.8 Å². The number of carbonyl (C=O) groups excluding carboxylic acids is 3. The molecule has 1 unspecified atom stereocenters.